The number of ether oxygens (including phenoxy) is 2. The maximum absolute atomic E-state index is 9.81. The van der Waals surface area contributed by atoms with Gasteiger partial charge in [0.05, 0.1) is 18.8 Å². The molecule has 14 heavy (non-hydrogen) atoms. The molecule has 0 aliphatic heterocycles. The predicted octanol–water partition coefficient (Wildman–Crippen LogP) is 1.83. The van der Waals surface area contributed by atoms with Crippen molar-refractivity contribution in [2.24, 2.45) is 5.92 Å². The summed E-state index contributed by atoms with van der Waals surface area (Å²) in [5, 5.41) is 9.81. The topological polar surface area (TPSA) is 38.7 Å². The summed E-state index contributed by atoms with van der Waals surface area (Å²) in [7, 11) is 0. The van der Waals surface area contributed by atoms with Crippen molar-refractivity contribution >= 4 is 0 Å². The Morgan fingerprint density at radius 3 is 2.00 bits per heavy atom. The first-order valence-corrected chi connectivity index (χ1v) is 5.40. The van der Waals surface area contributed by atoms with Crippen LogP contribution < -0.4 is 0 Å². The van der Waals surface area contributed by atoms with Crippen LogP contribution in [0.3, 0.4) is 0 Å². The van der Waals surface area contributed by atoms with Crippen LogP contribution >= 0.6 is 0 Å². The van der Waals surface area contributed by atoms with E-state index in [1.54, 1.807) is 0 Å². The molecule has 0 amide bonds. The van der Waals surface area contributed by atoms with Gasteiger partial charge < -0.3 is 14.6 Å². The van der Waals surface area contributed by atoms with Crippen LogP contribution in [0.5, 0.6) is 0 Å². The summed E-state index contributed by atoms with van der Waals surface area (Å²) >= 11 is 0. The van der Waals surface area contributed by atoms with Crippen molar-refractivity contribution in [2.45, 2.75) is 52.9 Å². The number of aliphatic hydroxyl groups excluding tert-OH is 1. The van der Waals surface area contributed by atoms with E-state index >= 15 is 0 Å². The fourth-order valence-electron chi connectivity index (χ4n) is 1.33. The molecule has 2 atom stereocenters. The van der Waals surface area contributed by atoms with E-state index in [1.807, 2.05) is 34.6 Å². The quantitative estimate of drug-likeness (QED) is 0.687. The Labute approximate surface area is 87.4 Å². The Morgan fingerprint density at radius 2 is 1.64 bits per heavy atom. The first kappa shape index (κ1) is 13.9. The Hall–Kier alpha value is -0.120. The van der Waals surface area contributed by atoms with E-state index in [-0.39, 0.29) is 12.2 Å². The average Bonchev–Trinajstić information content (AvgIpc) is 2.09. The molecule has 86 valence electrons. The number of hydrogen-bond donors (Lipinski definition) is 1. The van der Waals surface area contributed by atoms with Gasteiger partial charge in [0.2, 0.25) is 0 Å². The first-order chi connectivity index (χ1) is 6.49. The van der Waals surface area contributed by atoms with E-state index < -0.39 is 6.10 Å². The van der Waals surface area contributed by atoms with Crippen LogP contribution in [0.2, 0.25) is 0 Å². The minimum absolute atomic E-state index is 0.126. The minimum atomic E-state index is -0.530. The van der Waals surface area contributed by atoms with Crippen LogP contribution in [-0.2, 0) is 9.47 Å². The molecule has 0 aliphatic carbocycles. The number of hydrogen-bond acceptors (Lipinski definition) is 3. The molecule has 3 heteroatoms. The van der Waals surface area contributed by atoms with Crippen molar-refractivity contribution in [1.29, 1.82) is 0 Å². The van der Waals surface area contributed by atoms with Gasteiger partial charge in [0.1, 0.15) is 6.10 Å². The molecule has 0 bridgehead atoms. The van der Waals surface area contributed by atoms with E-state index in [9.17, 15) is 5.11 Å². The Morgan fingerprint density at radius 1 is 1.07 bits per heavy atom. The molecule has 0 aromatic carbocycles. The second kappa shape index (κ2) is 7.21. The van der Waals surface area contributed by atoms with Crippen molar-refractivity contribution in [3.8, 4) is 0 Å². The van der Waals surface area contributed by atoms with Crippen molar-refractivity contribution in [2.75, 3.05) is 13.2 Å². The predicted molar refractivity (Wildman–Crippen MR) is 57.3 cm³/mol. The molecule has 3 nitrogen and oxygen atoms in total. The zero-order chi connectivity index (χ0) is 11.1. The molecule has 0 saturated heterocycles. The maximum Gasteiger partial charge on any atom is 0.104 e. The summed E-state index contributed by atoms with van der Waals surface area (Å²) in [6, 6.07) is 0. The third kappa shape index (κ3) is 5.58. The molecule has 0 aromatic heterocycles. The third-order valence-electron chi connectivity index (χ3n) is 2.00. The van der Waals surface area contributed by atoms with Gasteiger partial charge >= 0.3 is 0 Å². The van der Waals surface area contributed by atoms with Crippen molar-refractivity contribution in [3.63, 3.8) is 0 Å². The standard InChI is InChI=1S/C11H24O3/c1-6-13-11(8(2)3)10(12)7-14-9(4)5/h8-12H,6-7H2,1-5H3. The summed E-state index contributed by atoms with van der Waals surface area (Å²) in [5.41, 5.74) is 0. The maximum atomic E-state index is 9.81. The molecule has 0 aromatic rings. The second-order valence-electron chi connectivity index (χ2n) is 4.11. The Bertz CT molecular complexity index is 134. The third-order valence-corrected chi connectivity index (χ3v) is 2.00. The smallest absolute Gasteiger partial charge is 0.104 e. The van der Waals surface area contributed by atoms with Crippen molar-refractivity contribution in [1.82, 2.24) is 0 Å². The minimum Gasteiger partial charge on any atom is -0.388 e. The van der Waals surface area contributed by atoms with Crippen LogP contribution in [0.1, 0.15) is 34.6 Å². The lowest BCUT2D eigenvalue weighted by molar-refractivity contribution is -0.0953. The SMILES string of the molecule is CCOC(C(C)C)C(O)COC(C)C. The van der Waals surface area contributed by atoms with Crippen molar-refractivity contribution in [3.05, 3.63) is 0 Å². The molecular weight excluding hydrogens is 180 g/mol. The highest BCUT2D eigenvalue weighted by Gasteiger charge is 2.23. The number of rotatable bonds is 7. The summed E-state index contributed by atoms with van der Waals surface area (Å²) in [6.07, 6.45) is -0.504. The van der Waals surface area contributed by atoms with E-state index in [1.165, 1.54) is 0 Å². The molecule has 1 N–H and O–H groups in total. The number of aliphatic hydroxyl groups is 1. The van der Waals surface area contributed by atoms with Crippen LogP contribution in [-0.4, -0.2) is 36.6 Å². The molecule has 0 heterocycles. The zero-order valence-corrected chi connectivity index (χ0v) is 9.99. The lowest BCUT2D eigenvalue weighted by Crippen LogP contribution is -2.37. The molecule has 0 rings (SSSR count). The highest BCUT2D eigenvalue weighted by molar-refractivity contribution is 4.72. The Kier molecular flexibility index (Phi) is 7.15. The van der Waals surface area contributed by atoms with Gasteiger partial charge in [-0.1, -0.05) is 13.8 Å². The fraction of sp³-hybridized carbons (Fsp3) is 1.00. The van der Waals surface area contributed by atoms with E-state index in [2.05, 4.69) is 0 Å². The summed E-state index contributed by atoms with van der Waals surface area (Å²) < 4.78 is 10.8. The summed E-state index contributed by atoms with van der Waals surface area (Å²) in [5.74, 6) is 0.306. The summed E-state index contributed by atoms with van der Waals surface area (Å²) in [6.45, 7) is 10.9. The van der Waals surface area contributed by atoms with Gasteiger partial charge in [-0.25, -0.2) is 0 Å². The average molecular weight is 204 g/mol. The second-order valence-corrected chi connectivity index (χ2v) is 4.11. The van der Waals surface area contributed by atoms with E-state index in [0.29, 0.717) is 19.1 Å². The lowest BCUT2D eigenvalue weighted by Gasteiger charge is -2.26. The monoisotopic (exact) mass is 204 g/mol. The fourth-order valence-corrected chi connectivity index (χ4v) is 1.33. The van der Waals surface area contributed by atoms with Gasteiger partial charge in [-0.05, 0) is 26.7 Å². The van der Waals surface area contributed by atoms with Crippen molar-refractivity contribution < 1.29 is 14.6 Å². The normalized spacial score (nSPS) is 16.3. The molecule has 0 saturated carbocycles. The van der Waals surface area contributed by atoms with E-state index in [4.69, 9.17) is 9.47 Å². The summed E-state index contributed by atoms with van der Waals surface area (Å²) in [4.78, 5) is 0. The molecule has 0 aliphatic rings. The zero-order valence-electron chi connectivity index (χ0n) is 9.99. The van der Waals surface area contributed by atoms with Crippen LogP contribution in [0.15, 0.2) is 0 Å². The molecular formula is C11H24O3. The van der Waals surface area contributed by atoms with Crippen LogP contribution in [0, 0.1) is 5.92 Å². The van der Waals surface area contributed by atoms with E-state index in [0.717, 1.165) is 0 Å². The highest BCUT2D eigenvalue weighted by Crippen LogP contribution is 2.12. The molecule has 0 spiro atoms. The van der Waals surface area contributed by atoms with Gasteiger partial charge in [-0.15, -0.1) is 0 Å². The van der Waals surface area contributed by atoms with Crippen LogP contribution in [0.25, 0.3) is 0 Å². The lowest BCUT2D eigenvalue weighted by atomic mass is 10.0. The largest absolute Gasteiger partial charge is 0.388 e. The van der Waals surface area contributed by atoms with Gasteiger partial charge in [0.15, 0.2) is 0 Å². The van der Waals surface area contributed by atoms with Gasteiger partial charge in [-0.3, -0.25) is 0 Å². The molecule has 0 radical (unpaired) electrons. The highest BCUT2D eigenvalue weighted by atomic mass is 16.5. The molecule has 2 unspecified atom stereocenters. The Balaban J connectivity index is 3.94. The molecule has 0 fully saturated rings. The van der Waals surface area contributed by atoms with Crippen LogP contribution in [0.4, 0.5) is 0 Å². The van der Waals surface area contributed by atoms with Gasteiger partial charge in [0.25, 0.3) is 0 Å². The first-order valence-electron chi connectivity index (χ1n) is 5.40. The van der Waals surface area contributed by atoms with Gasteiger partial charge in [-0.2, -0.15) is 0 Å². The van der Waals surface area contributed by atoms with Gasteiger partial charge in [0, 0.05) is 6.61 Å².